The molecule has 10 aromatic rings. The van der Waals surface area contributed by atoms with Crippen molar-refractivity contribution in [2.45, 2.75) is 45.1 Å². The second-order valence-electron chi connectivity index (χ2n) is 16.5. The van der Waals surface area contributed by atoms with Crippen molar-refractivity contribution in [2.75, 3.05) is 17.2 Å². The molecule has 3 aromatic heterocycles. The van der Waals surface area contributed by atoms with E-state index in [1.54, 1.807) is 0 Å². The fourth-order valence-corrected chi connectivity index (χ4v) is 9.22. The number of unbranched alkanes of at least 4 members (excludes halogenated alkanes) is 1. The molecule has 0 aliphatic heterocycles. The third-order valence-corrected chi connectivity index (χ3v) is 12.4. The summed E-state index contributed by atoms with van der Waals surface area (Å²) in [7, 11) is 0. The highest BCUT2D eigenvalue weighted by Crippen LogP contribution is 2.45. The Morgan fingerprint density at radius 2 is 1.43 bits per heavy atom. The summed E-state index contributed by atoms with van der Waals surface area (Å²) in [5.74, 6) is 1.23. The number of fused-ring (bicyclic) bond motifs is 2. The predicted octanol–water partition coefficient (Wildman–Crippen LogP) is 10.7. The van der Waals surface area contributed by atoms with Crippen LogP contribution in [0, 0.1) is 17.0 Å². The molecule has 10 rings (SSSR count). The molecule has 2 N–H and O–H groups in total. The third-order valence-electron chi connectivity index (χ3n) is 12.4. The second kappa shape index (κ2) is 18.6. The summed E-state index contributed by atoms with van der Waals surface area (Å²) >= 11 is 0. The molecule has 7 aromatic carbocycles. The molecule has 68 heavy (non-hydrogen) atoms. The molecule has 0 radical (unpaired) electrons. The number of nitro benzene ring substituents is 1. The molecule has 1 amide bonds. The Morgan fingerprint density at radius 3 is 2.07 bits per heavy atom. The van der Waals surface area contributed by atoms with E-state index >= 15 is 0 Å². The number of hydrogen-bond donors (Lipinski definition) is 2. The van der Waals surface area contributed by atoms with E-state index < -0.39 is 10.5 Å². The lowest BCUT2D eigenvalue weighted by atomic mass is 9.76. The highest BCUT2D eigenvalue weighted by molar-refractivity contribution is 5.96. The van der Waals surface area contributed by atoms with Gasteiger partial charge >= 0.3 is 5.69 Å². The van der Waals surface area contributed by atoms with Gasteiger partial charge in [0.2, 0.25) is 11.4 Å². The molecular weight excluding hydrogens is 855 g/mol. The number of rotatable bonds is 16. The van der Waals surface area contributed by atoms with Gasteiger partial charge in [0.1, 0.15) is 11.4 Å². The molecule has 3 heterocycles. The number of anilines is 2. The molecule has 0 bridgehead atoms. The van der Waals surface area contributed by atoms with Crippen LogP contribution in [0.15, 0.2) is 168 Å². The van der Waals surface area contributed by atoms with Crippen molar-refractivity contribution in [1.82, 2.24) is 40.1 Å². The van der Waals surface area contributed by atoms with Crippen molar-refractivity contribution in [3.05, 3.63) is 202 Å². The first kappa shape index (κ1) is 43.1. The normalized spacial score (nSPS) is 11.6. The van der Waals surface area contributed by atoms with Crippen LogP contribution >= 0.6 is 0 Å². The Hall–Kier alpha value is -8.85. The number of tetrazole rings is 1. The van der Waals surface area contributed by atoms with E-state index in [9.17, 15) is 14.9 Å². The number of nitro groups is 1. The van der Waals surface area contributed by atoms with Gasteiger partial charge in [-0.15, -0.1) is 5.10 Å². The summed E-state index contributed by atoms with van der Waals surface area (Å²) in [4.78, 5) is 29.6. The lowest BCUT2D eigenvalue weighted by Crippen LogP contribution is -2.39. The minimum Gasteiger partial charge on any atom is -0.383 e. The van der Waals surface area contributed by atoms with Crippen molar-refractivity contribution in [1.29, 1.82) is 0 Å². The second-order valence-corrected chi connectivity index (χ2v) is 16.5. The van der Waals surface area contributed by atoms with Crippen LogP contribution in [-0.4, -0.2) is 57.4 Å². The first-order valence-corrected chi connectivity index (χ1v) is 22.5. The van der Waals surface area contributed by atoms with Crippen LogP contribution in [0.25, 0.3) is 50.3 Å². The zero-order chi connectivity index (χ0) is 46.6. The molecule has 336 valence electrons. The average Bonchev–Trinajstić information content (AvgIpc) is 4.15. The largest absolute Gasteiger partial charge is 0.383 e. The third kappa shape index (κ3) is 7.78. The molecule has 15 nitrogen and oxygen atoms in total. The number of carbonyl (C=O) groups is 1. The lowest BCUT2D eigenvalue weighted by Gasteiger charge is -2.36. The van der Waals surface area contributed by atoms with Gasteiger partial charge in [-0.1, -0.05) is 141 Å². The molecule has 0 aliphatic rings. The van der Waals surface area contributed by atoms with Gasteiger partial charge in [-0.05, 0) is 97.8 Å². The topological polar surface area (TPSA) is 185 Å². The number of hydrogen-bond acceptors (Lipinski definition) is 11. The maximum Gasteiger partial charge on any atom is 0.300 e. The maximum absolute atomic E-state index is 13.5. The zero-order valence-corrected chi connectivity index (χ0v) is 37.3. The van der Waals surface area contributed by atoms with E-state index in [2.05, 4.69) is 105 Å². The maximum atomic E-state index is 13.5. The van der Waals surface area contributed by atoms with Crippen molar-refractivity contribution in [2.24, 2.45) is 0 Å². The summed E-state index contributed by atoms with van der Waals surface area (Å²) in [5.41, 5.74) is 9.36. The van der Waals surface area contributed by atoms with E-state index in [4.69, 9.17) is 19.9 Å². The van der Waals surface area contributed by atoms with Crippen molar-refractivity contribution in [3.63, 3.8) is 0 Å². The lowest BCUT2D eigenvalue weighted by molar-refractivity contribution is -0.383. The average molecular weight is 900 g/mol. The van der Waals surface area contributed by atoms with Gasteiger partial charge in [-0.25, -0.2) is 14.3 Å². The monoisotopic (exact) mass is 899 g/mol. The minimum atomic E-state index is -0.989. The molecule has 0 aliphatic carbocycles. The summed E-state index contributed by atoms with van der Waals surface area (Å²) in [6.07, 6.45) is 2.72. The Balaban J connectivity index is 1.09. The van der Waals surface area contributed by atoms with E-state index in [1.807, 2.05) is 95.7 Å². The summed E-state index contributed by atoms with van der Waals surface area (Å²) in [6, 6.07) is 54.3. The highest BCUT2D eigenvalue weighted by Gasteiger charge is 2.42. The fraction of sp³-hybridized carbons (Fsp3) is 0.151. The highest BCUT2D eigenvalue weighted by atomic mass is 16.6. The SMILES string of the molecule is CCCCc1nc2ccc(NC(=O)CCNc3ccc([N+](=O)[O-])c4nonc34)cc2n1-c1ccc(-c2ccccc2)c(-c2nnnn2C(c2ccccc2)(c2ccccc2)c2ccccc2)c1C. The smallest absolute Gasteiger partial charge is 0.300 e. The summed E-state index contributed by atoms with van der Waals surface area (Å²) in [6.45, 7) is 4.51. The fourth-order valence-electron chi connectivity index (χ4n) is 9.22. The Morgan fingerprint density at radius 1 is 0.779 bits per heavy atom. The molecule has 0 saturated heterocycles. The van der Waals surface area contributed by atoms with E-state index in [1.165, 1.54) is 12.1 Å². The Kier molecular flexibility index (Phi) is 11.8. The van der Waals surface area contributed by atoms with Gasteiger partial charge in [-0.2, -0.15) is 0 Å². The number of imidazole rings is 1. The van der Waals surface area contributed by atoms with Gasteiger partial charge in [0.05, 0.1) is 27.3 Å². The summed E-state index contributed by atoms with van der Waals surface area (Å²) < 4.78 is 8.97. The van der Waals surface area contributed by atoms with Gasteiger partial charge in [0.15, 0.2) is 11.3 Å². The first-order chi connectivity index (χ1) is 33.4. The molecule has 0 unspecified atom stereocenters. The number of carbonyl (C=O) groups excluding carboxylic acids is 1. The van der Waals surface area contributed by atoms with E-state index in [0.29, 0.717) is 17.2 Å². The number of aromatic nitrogens is 8. The van der Waals surface area contributed by atoms with Crippen LogP contribution in [0.3, 0.4) is 0 Å². The van der Waals surface area contributed by atoms with Crippen molar-refractivity contribution < 1.29 is 14.3 Å². The molecular formula is C53H45N11O4. The first-order valence-electron chi connectivity index (χ1n) is 22.5. The van der Waals surface area contributed by atoms with Crippen LogP contribution < -0.4 is 10.6 Å². The number of nitrogens with one attached hydrogen (secondary N) is 2. The van der Waals surface area contributed by atoms with Crippen molar-refractivity contribution >= 4 is 45.0 Å². The van der Waals surface area contributed by atoms with Crippen LogP contribution in [0.2, 0.25) is 0 Å². The minimum absolute atomic E-state index is 0.0305. The summed E-state index contributed by atoms with van der Waals surface area (Å²) in [5, 5.41) is 39.6. The number of aryl methyl sites for hydroxylation is 1. The van der Waals surface area contributed by atoms with Gasteiger partial charge in [-0.3, -0.25) is 19.5 Å². The van der Waals surface area contributed by atoms with Gasteiger partial charge in [0, 0.05) is 36.7 Å². The number of benzene rings is 7. The number of amides is 1. The standard InChI is InChI=1S/C53H45N11O4/c1-3-4-25-47-56-42-28-26-40(55-48(65)32-33-54-43-29-31-45(64(66)67)51-50(43)58-68-59-51)34-46(42)62(47)44-30-27-41(36-17-9-5-10-18-36)49(35(44)2)52-57-60-61-63(52)53(37-19-11-6-12-20-37,38-21-13-7-14-22-38)39-23-15-8-16-24-39/h5-24,26-31,34,54H,3-4,25,32-33H2,1-2H3,(H,55,65). The van der Waals surface area contributed by atoms with Crippen molar-refractivity contribution in [3.8, 4) is 28.2 Å². The van der Waals surface area contributed by atoms with Crippen LogP contribution in [0.5, 0.6) is 0 Å². The molecule has 0 saturated carbocycles. The molecule has 0 fully saturated rings. The quantitative estimate of drug-likeness (QED) is 0.0534. The molecule has 15 heteroatoms. The number of non-ortho nitro benzene ring substituents is 1. The van der Waals surface area contributed by atoms with Gasteiger partial charge < -0.3 is 10.6 Å². The van der Waals surface area contributed by atoms with E-state index in [-0.39, 0.29) is 35.6 Å². The van der Waals surface area contributed by atoms with Crippen LogP contribution in [0.4, 0.5) is 17.1 Å². The Bertz CT molecular complexity index is 3310. The van der Waals surface area contributed by atoms with Crippen LogP contribution in [-0.2, 0) is 16.8 Å². The Labute approximate surface area is 390 Å². The zero-order valence-electron chi connectivity index (χ0n) is 37.3. The number of nitrogens with zero attached hydrogens (tertiary/aromatic N) is 9. The molecule has 0 spiro atoms. The van der Waals surface area contributed by atoms with Crippen LogP contribution in [0.1, 0.15) is 54.3 Å². The van der Waals surface area contributed by atoms with Gasteiger partial charge in [0.25, 0.3) is 0 Å². The predicted molar refractivity (Wildman–Crippen MR) is 261 cm³/mol. The van der Waals surface area contributed by atoms with E-state index in [0.717, 1.165) is 80.8 Å². The molecule has 0 atom stereocenters.